The number of halogens is 1. The van der Waals surface area contributed by atoms with Gasteiger partial charge in [0.05, 0.1) is 0 Å². The van der Waals surface area contributed by atoms with Crippen molar-refractivity contribution in [1.82, 2.24) is 10.3 Å². The number of pyridine rings is 1. The Hall–Kier alpha value is -2.81. The van der Waals surface area contributed by atoms with Crippen molar-refractivity contribution in [1.29, 1.82) is 0 Å². The molecule has 0 saturated heterocycles. The molecule has 176 valence electrons. The van der Waals surface area contributed by atoms with Gasteiger partial charge in [0.1, 0.15) is 18.5 Å². The first-order valence-corrected chi connectivity index (χ1v) is 12.2. The molecular formula is C24H27FN2O5S. The molecule has 1 aliphatic carbocycles. The predicted molar refractivity (Wildman–Crippen MR) is 123 cm³/mol. The third kappa shape index (κ3) is 4.78. The topological polar surface area (TPSA) is 97.5 Å². The maximum atomic E-state index is 14.8. The molecule has 4 rings (SSSR count). The monoisotopic (exact) mass is 474 g/mol. The van der Waals surface area contributed by atoms with Crippen LogP contribution in [0.25, 0.3) is 0 Å². The molecular weight excluding hydrogens is 447 g/mol. The molecule has 1 atom stereocenters. The number of aromatic nitrogens is 1. The maximum Gasteiger partial charge on any atom is 0.254 e. The molecule has 1 fully saturated rings. The Kier molecular flexibility index (Phi) is 6.78. The lowest BCUT2D eigenvalue weighted by molar-refractivity contribution is -0.121. The zero-order valence-electron chi connectivity index (χ0n) is 18.9. The van der Waals surface area contributed by atoms with Crippen molar-refractivity contribution in [2.75, 3.05) is 12.9 Å². The Labute approximate surface area is 195 Å². The highest BCUT2D eigenvalue weighted by atomic mass is 32.2. The second kappa shape index (κ2) is 9.59. The van der Waals surface area contributed by atoms with Crippen LogP contribution in [0, 0.1) is 25.6 Å². The highest BCUT2D eigenvalue weighted by Crippen LogP contribution is 2.42. The average molecular weight is 475 g/mol. The van der Waals surface area contributed by atoms with Crippen molar-refractivity contribution in [3.63, 3.8) is 0 Å². The molecule has 7 nitrogen and oxygen atoms in total. The van der Waals surface area contributed by atoms with Crippen LogP contribution in [0.15, 0.2) is 21.8 Å². The SMILES string of the molecule is CSc1cc(C)[nH]c(=O)c1CNC(=O)c1cc(F)c2c(c1C)O[C@H](C1CCC(=O)CC1)CO2. The molecule has 1 aromatic heterocycles. The van der Waals surface area contributed by atoms with Gasteiger partial charge in [-0.2, -0.15) is 0 Å². The van der Waals surface area contributed by atoms with Crippen LogP contribution >= 0.6 is 11.8 Å². The van der Waals surface area contributed by atoms with Gasteiger partial charge in [-0.1, -0.05) is 0 Å². The zero-order chi connectivity index (χ0) is 23.7. The van der Waals surface area contributed by atoms with Gasteiger partial charge in [-0.3, -0.25) is 14.4 Å². The van der Waals surface area contributed by atoms with Crippen LogP contribution in [-0.4, -0.2) is 35.6 Å². The largest absolute Gasteiger partial charge is 0.483 e. The van der Waals surface area contributed by atoms with Crippen molar-refractivity contribution in [3.8, 4) is 11.5 Å². The van der Waals surface area contributed by atoms with E-state index in [2.05, 4.69) is 10.3 Å². The lowest BCUT2D eigenvalue weighted by atomic mass is 9.84. The fourth-order valence-electron chi connectivity index (χ4n) is 4.43. The number of ether oxygens (including phenoxy) is 2. The third-order valence-corrected chi connectivity index (χ3v) is 7.14. The van der Waals surface area contributed by atoms with E-state index in [0.717, 1.165) is 16.7 Å². The zero-order valence-corrected chi connectivity index (χ0v) is 19.7. The number of fused-ring (bicyclic) bond motifs is 1. The third-order valence-electron chi connectivity index (χ3n) is 6.33. The van der Waals surface area contributed by atoms with Crippen LogP contribution in [-0.2, 0) is 11.3 Å². The minimum Gasteiger partial charge on any atom is -0.483 e. The molecule has 33 heavy (non-hydrogen) atoms. The molecule has 1 aliphatic heterocycles. The Morgan fingerprint density at radius 2 is 1.94 bits per heavy atom. The minimum atomic E-state index is -0.670. The summed E-state index contributed by atoms with van der Waals surface area (Å²) in [6.07, 6.45) is 4.03. The second-order valence-electron chi connectivity index (χ2n) is 8.54. The molecule has 1 saturated carbocycles. The molecule has 1 amide bonds. The van der Waals surface area contributed by atoms with Crippen LogP contribution in [0.5, 0.6) is 11.5 Å². The number of H-pyrrole nitrogens is 1. The Morgan fingerprint density at radius 3 is 2.64 bits per heavy atom. The Morgan fingerprint density at radius 1 is 1.21 bits per heavy atom. The fraction of sp³-hybridized carbons (Fsp3) is 0.458. The van der Waals surface area contributed by atoms with Gasteiger partial charge in [0.2, 0.25) is 0 Å². The van der Waals surface area contributed by atoms with Crippen LogP contribution in [0.3, 0.4) is 0 Å². The van der Waals surface area contributed by atoms with Gasteiger partial charge in [-0.15, -0.1) is 11.8 Å². The maximum absolute atomic E-state index is 14.8. The summed E-state index contributed by atoms with van der Waals surface area (Å²) in [5, 5.41) is 2.73. The normalized spacial score (nSPS) is 18.3. The van der Waals surface area contributed by atoms with Crippen LogP contribution in [0.1, 0.15) is 52.9 Å². The van der Waals surface area contributed by atoms with Gasteiger partial charge in [-0.25, -0.2) is 4.39 Å². The number of aryl methyl sites for hydroxylation is 1. The van der Waals surface area contributed by atoms with Crippen LogP contribution in [0.2, 0.25) is 0 Å². The number of thioether (sulfide) groups is 1. The summed E-state index contributed by atoms with van der Waals surface area (Å²) in [7, 11) is 0. The van der Waals surface area contributed by atoms with Crippen LogP contribution in [0.4, 0.5) is 4.39 Å². The molecule has 1 aromatic carbocycles. The van der Waals surface area contributed by atoms with Crippen molar-refractivity contribution >= 4 is 23.5 Å². The number of carbonyl (C=O) groups excluding carboxylic acids is 2. The van der Waals surface area contributed by atoms with Gasteiger partial charge in [-0.05, 0) is 45.1 Å². The Balaban J connectivity index is 1.54. The summed E-state index contributed by atoms with van der Waals surface area (Å²) in [5.41, 5.74) is 1.52. The standard InChI is InChI=1S/C24H27FN2O5S/c1-12-8-20(33-3)17(24(30)27-12)10-26-23(29)16-9-18(25)22-21(13(16)2)32-19(11-31-22)14-4-6-15(28)7-5-14/h8-9,14,19H,4-7,10-11H2,1-3H3,(H,26,29)(H,27,30)/t19-/m0/s1. The first-order valence-electron chi connectivity index (χ1n) is 11.0. The summed E-state index contributed by atoms with van der Waals surface area (Å²) in [6, 6.07) is 2.99. The van der Waals surface area contributed by atoms with E-state index in [1.165, 1.54) is 11.8 Å². The van der Waals surface area contributed by atoms with Crippen molar-refractivity contribution in [3.05, 3.63) is 50.7 Å². The number of benzene rings is 1. The number of hydrogen-bond donors (Lipinski definition) is 2. The lowest BCUT2D eigenvalue weighted by Crippen LogP contribution is -2.39. The lowest BCUT2D eigenvalue weighted by Gasteiger charge is -2.35. The van der Waals surface area contributed by atoms with Gasteiger partial charge < -0.3 is 19.8 Å². The summed E-state index contributed by atoms with van der Waals surface area (Å²) < 4.78 is 26.6. The number of amides is 1. The highest BCUT2D eigenvalue weighted by molar-refractivity contribution is 7.98. The number of hydrogen-bond acceptors (Lipinski definition) is 6. The van der Waals surface area contributed by atoms with E-state index < -0.39 is 11.7 Å². The summed E-state index contributed by atoms with van der Waals surface area (Å²) in [4.78, 5) is 40.4. The van der Waals surface area contributed by atoms with E-state index in [1.807, 2.05) is 12.3 Å². The summed E-state index contributed by atoms with van der Waals surface area (Å²) in [5.74, 6) is -0.542. The van der Waals surface area contributed by atoms with E-state index in [-0.39, 0.29) is 53.6 Å². The molecule has 9 heteroatoms. The van der Waals surface area contributed by atoms with E-state index in [0.29, 0.717) is 36.8 Å². The molecule has 2 aliphatic rings. The molecule has 2 heterocycles. The molecule has 0 unspecified atom stereocenters. The smallest absolute Gasteiger partial charge is 0.254 e. The first-order chi connectivity index (χ1) is 15.8. The van der Waals surface area contributed by atoms with E-state index in [4.69, 9.17) is 9.47 Å². The molecule has 0 bridgehead atoms. The van der Waals surface area contributed by atoms with Gasteiger partial charge in [0.15, 0.2) is 17.3 Å². The number of rotatable bonds is 5. The minimum absolute atomic E-state index is 0.00633. The summed E-state index contributed by atoms with van der Waals surface area (Å²) in [6.45, 7) is 3.71. The molecule has 0 spiro atoms. The second-order valence-corrected chi connectivity index (χ2v) is 9.39. The number of nitrogens with one attached hydrogen (secondary N) is 2. The van der Waals surface area contributed by atoms with E-state index >= 15 is 0 Å². The van der Waals surface area contributed by atoms with E-state index in [1.54, 1.807) is 13.8 Å². The van der Waals surface area contributed by atoms with Crippen molar-refractivity contribution in [2.24, 2.45) is 5.92 Å². The highest BCUT2D eigenvalue weighted by Gasteiger charge is 2.35. The van der Waals surface area contributed by atoms with Crippen LogP contribution < -0.4 is 20.3 Å². The predicted octanol–water partition coefficient (Wildman–Crippen LogP) is 3.68. The summed E-state index contributed by atoms with van der Waals surface area (Å²) >= 11 is 1.42. The van der Waals surface area contributed by atoms with Gasteiger partial charge in [0.25, 0.3) is 11.5 Å². The molecule has 0 radical (unpaired) electrons. The first kappa shape index (κ1) is 23.4. The van der Waals surface area contributed by atoms with Gasteiger partial charge >= 0.3 is 0 Å². The number of carbonyl (C=O) groups is 2. The van der Waals surface area contributed by atoms with Crippen molar-refractivity contribution in [2.45, 2.75) is 57.1 Å². The van der Waals surface area contributed by atoms with E-state index in [9.17, 15) is 18.8 Å². The van der Waals surface area contributed by atoms with Gasteiger partial charge in [0, 0.05) is 52.6 Å². The fourth-order valence-corrected chi connectivity index (χ4v) is 5.14. The van der Waals surface area contributed by atoms with Crippen molar-refractivity contribution < 1.29 is 23.5 Å². The number of aromatic amines is 1. The average Bonchev–Trinajstić information content (AvgIpc) is 2.80. The number of Topliss-reactive ketones (excluding diaryl/α,β-unsaturated/α-hetero) is 1. The molecule has 2 aromatic rings. The molecule has 2 N–H and O–H groups in total. The Bertz CT molecular complexity index is 1150. The number of ketones is 1. The quantitative estimate of drug-likeness (QED) is 0.642.